The van der Waals surface area contributed by atoms with Crippen LogP contribution in [0.5, 0.6) is 0 Å². The number of esters is 1. The first-order valence-corrected chi connectivity index (χ1v) is 11.2. The van der Waals surface area contributed by atoms with Crippen molar-refractivity contribution in [2.24, 2.45) is 0 Å². The van der Waals surface area contributed by atoms with Gasteiger partial charge in [0.25, 0.3) is 5.91 Å². The number of amides is 2. The van der Waals surface area contributed by atoms with Crippen molar-refractivity contribution in [3.63, 3.8) is 0 Å². The second kappa shape index (κ2) is 10.5. The molecule has 0 aliphatic carbocycles. The lowest BCUT2D eigenvalue weighted by molar-refractivity contribution is -0.146. The first-order valence-electron chi connectivity index (χ1n) is 11.2. The van der Waals surface area contributed by atoms with E-state index in [-0.39, 0.29) is 25.1 Å². The maximum Gasteiger partial charge on any atom is 0.414 e. The van der Waals surface area contributed by atoms with Crippen LogP contribution in [-0.2, 0) is 36.8 Å². The normalized spacial score (nSPS) is 17.1. The highest BCUT2D eigenvalue weighted by molar-refractivity contribution is 5.97. The van der Waals surface area contributed by atoms with E-state index in [1.54, 1.807) is 4.90 Å². The summed E-state index contributed by atoms with van der Waals surface area (Å²) >= 11 is 0. The second-order valence-electron chi connectivity index (χ2n) is 8.14. The lowest BCUT2D eigenvalue weighted by atomic mass is 10.1. The quantitative estimate of drug-likeness (QED) is 0.542. The average molecular weight is 453 g/mol. The van der Waals surface area contributed by atoms with E-state index in [0.717, 1.165) is 16.8 Å². The Hall–Kier alpha value is -3.39. The molecule has 4 rings (SSSR count). The fourth-order valence-electron chi connectivity index (χ4n) is 4.00. The van der Waals surface area contributed by atoms with Crippen LogP contribution in [0.3, 0.4) is 0 Å². The molecule has 2 amide bonds. The van der Waals surface area contributed by atoms with Gasteiger partial charge >= 0.3 is 12.1 Å². The highest BCUT2D eigenvalue weighted by atomic mass is 16.6. The van der Waals surface area contributed by atoms with Gasteiger partial charge in [0.05, 0.1) is 13.2 Å². The second-order valence-corrected chi connectivity index (χ2v) is 8.14. The Morgan fingerprint density at radius 2 is 1.97 bits per heavy atom. The van der Waals surface area contributed by atoms with E-state index < -0.39 is 12.2 Å². The zero-order chi connectivity index (χ0) is 23.2. The first-order chi connectivity index (χ1) is 16.0. The molecular formula is C25H28N2O6. The van der Waals surface area contributed by atoms with Gasteiger partial charge in [-0.15, -0.1) is 0 Å². The molecule has 0 saturated carbocycles. The Morgan fingerprint density at radius 1 is 1.15 bits per heavy atom. The number of nitrogens with zero attached hydrogens (tertiary/aromatic N) is 2. The number of cyclic esters (lactones) is 1. The molecule has 0 spiro atoms. The van der Waals surface area contributed by atoms with Crippen LogP contribution < -0.4 is 9.80 Å². The number of rotatable bonds is 9. The third-order valence-corrected chi connectivity index (χ3v) is 5.67. The van der Waals surface area contributed by atoms with Crippen molar-refractivity contribution >= 4 is 29.3 Å². The fraction of sp³-hybridized carbons (Fsp3) is 0.400. The number of anilines is 2. The summed E-state index contributed by atoms with van der Waals surface area (Å²) in [6.45, 7) is 3.24. The van der Waals surface area contributed by atoms with Crippen LogP contribution in [0.15, 0.2) is 48.5 Å². The van der Waals surface area contributed by atoms with Crippen molar-refractivity contribution in [2.75, 3.05) is 36.1 Å². The predicted octanol–water partition coefficient (Wildman–Crippen LogP) is 3.46. The van der Waals surface area contributed by atoms with Gasteiger partial charge < -0.3 is 19.1 Å². The van der Waals surface area contributed by atoms with Crippen LogP contribution in [-0.4, -0.2) is 50.4 Å². The third-order valence-electron chi connectivity index (χ3n) is 5.67. The lowest BCUT2D eigenvalue weighted by Crippen LogP contribution is -2.32. The van der Waals surface area contributed by atoms with Crippen LogP contribution in [0.2, 0.25) is 0 Å². The standard InChI is InChI=1S/C25H28N2O6/c1-2-6-24(29)32-16-21-14-27(25(30)33-21)20-9-10-22-19(13-20)11-12-26(22)23(28)17-31-15-18-7-4-3-5-8-18/h3-5,7-10,13,21H,2,6,11-12,14-17H2,1H3. The molecule has 2 aromatic rings. The Bertz CT molecular complexity index is 1010. The molecule has 1 atom stereocenters. The smallest absolute Gasteiger partial charge is 0.414 e. The minimum Gasteiger partial charge on any atom is -0.462 e. The van der Waals surface area contributed by atoms with Gasteiger partial charge in [-0.3, -0.25) is 14.5 Å². The third kappa shape index (κ3) is 5.51. The Kier molecular flexibility index (Phi) is 7.24. The molecule has 2 heterocycles. The zero-order valence-electron chi connectivity index (χ0n) is 18.7. The van der Waals surface area contributed by atoms with E-state index in [9.17, 15) is 14.4 Å². The topological polar surface area (TPSA) is 85.4 Å². The van der Waals surface area contributed by atoms with Crippen LogP contribution in [0.4, 0.5) is 16.2 Å². The largest absolute Gasteiger partial charge is 0.462 e. The summed E-state index contributed by atoms with van der Waals surface area (Å²) in [7, 11) is 0. The molecule has 0 N–H and O–H groups in total. The molecule has 2 aliphatic heterocycles. The molecule has 174 valence electrons. The maximum atomic E-state index is 12.7. The predicted molar refractivity (Wildman–Crippen MR) is 122 cm³/mol. The Morgan fingerprint density at radius 3 is 2.76 bits per heavy atom. The maximum absolute atomic E-state index is 12.7. The number of carbonyl (C=O) groups is 3. The van der Waals surface area contributed by atoms with Gasteiger partial charge in [-0.1, -0.05) is 37.3 Å². The summed E-state index contributed by atoms with van der Waals surface area (Å²) in [5.74, 6) is -0.381. The number of hydrogen-bond donors (Lipinski definition) is 0. The number of carbonyl (C=O) groups excluding carboxylic acids is 3. The molecule has 8 heteroatoms. The fourth-order valence-corrected chi connectivity index (χ4v) is 4.00. The number of ether oxygens (including phenoxy) is 3. The van der Waals surface area contributed by atoms with Crippen molar-refractivity contribution in [1.82, 2.24) is 0 Å². The highest BCUT2D eigenvalue weighted by Crippen LogP contribution is 2.33. The van der Waals surface area contributed by atoms with Gasteiger partial charge in [-0.2, -0.15) is 0 Å². The summed E-state index contributed by atoms with van der Waals surface area (Å²) in [6, 6.07) is 15.3. The summed E-state index contributed by atoms with van der Waals surface area (Å²) in [6.07, 6.45) is 0.803. The van der Waals surface area contributed by atoms with Crippen molar-refractivity contribution in [2.45, 2.75) is 38.9 Å². The first kappa shape index (κ1) is 22.8. The van der Waals surface area contributed by atoms with Gasteiger partial charge in [0.15, 0.2) is 6.10 Å². The molecule has 1 fully saturated rings. The van der Waals surface area contributed by atoms with Crippen LogP contribution in [0.1, 0.15) is 30.9 Å². The van der Waals surface area contributed by atoms with Crippen molar-refractivity contribution in [3.05, 3.63) is 59.7 Å². The molecule has 0 bridgehead atoms. The van der Waals surface area contributed by atoms with E-state index in [4.69, 9.17) is 14.2 Å². The SMILES string of the molecule is CCCC(=O)OCC1CN(c2ccc3c(c2)CCN3C(=O)COCc2ccccc2)C(=O)O1. The summed E-state index contributed by atoms with van der Waals surface area (Å²) in [5, 5.41) is 0. The molecule has 33 heavy (non-hydrogen) atoms. The Balaban J connectivity index is 1.33. The monoisotopic (exact) mass is 452 g/mol. The minimum absolute atomic E-state index is 0.00691. The minimum atomic E-state index is -0.494. The van der Waals surface area contributed by atoms with Crippen LogP contribution in [0, 0.1) is 0 Å². The Labute approximate surface area is 193 Å². The van der Waals surface area contributed by atoms with Crippen molar-refractivity contribution in [3.8, 4) is 0 Å². The molecular weight excluding hydrogens is 424 g/mol. The molecule has 0 radical (unpaired) electrons. The van der Waals surface area contributed by atoms with Crippen LogP contribution >= 0.6 is 0 Å². The van der Waals surface area contributed by atoms with Gasteiger partial charge in [-0.05, 0) is 42.2 Å². The molecule has 2 aliphatic rings. The van der Waals surface area contributed by atoms with Gasteiger partial charge in [0.1, 0.15) is 13.2 Å². The lowest BCUT2D eigenvalue weighted by Gasteiger charge is -2.19. The summed E-state index contributed by atoms with van der Waals surface area (Å²) in [5.41, 5.74) is 3.56. The zero-order valence-corrected chi connectivity index (χ0v) is 18.7. The van der Waals surface area contributed by atoms with Gasteiger partial charge in [0.2, 0.25) is 0 Å². The van der Waals surface area contributed by atoms with E-state index in [0.29, 0.717) is 44.6 Å². The molecule has 2 aromatic carbocycles. The number of fused-ring (bicyclic) bond motifs is 1. The molecule has 8 nitrogen and oxygen atoms in total. The van der Waals surface area contributed by atoms with E-state index in [1.807, 2.05) is 55.5 Å². The van der Waals surface area contributed by atoms with Crippen molar-refractivity contribution in [1.29, 1.82) is 0 Å². The summed E-state index contributed by atoms with van der Waals surface area (Å²) < 4.78 is 16.1. The molecule has 1 saturated heterocycles. The van der Waals surface area contributed by atoms with Crippen molar-refractivity contribution < 1.29 is 28.6 Å². The highest BCUT2D eigenvalue weighted by Gasteiger charge is 2.34. The number of hydrogen-bond acceptors (Lipinski definition) is 6. The van der Waals surface area contributed by atoms with E-state index in [2.05, 4.69) is 0 Å². The van der Waals surface area contributed by atoms with E-state index >= 15 is 0 Å². The molecule has 1 unspecified atom stereocenters. The summed E-state index contributed by atoms with van der Waals surface area (Å²) in [4.78, 5) is 39.9. The van der Waals surface area contributed by atoms with Gasteiger partial charge in [-0.25, -0.2) is 4.79 Å². The average Bonchev–Trinajstić information content (AvgIpc) is 3.41. The van der Waals surface area contributed by atoms with E-state index in [1.165, 1.54) is 4.90 Å². The van der Waals surface area contributed by atoms with Crippen LogP contribution in [0.25, 0.3) is 0 Å². The molecule has 0 aromatic heterocycles. The number of benzene rings is 2. The van der Waals surface area contributed by atoms with Gasteiger partial charge in [0, 0.05) is 24.3 Å².